The van der Waals surface area contributed by atoms with E-state index in [9.17, 15) is 4.79 Å². The van der Waals surface area contributed by atoms with E-state index in [2.05, 4.69) is 5.10 Å². The first kappa shape index (κ1) is 13.4. The Morgan fingerprint density at radius 2 is 2.11 bits per heavy atom. The third kappa shape index (κ3) is 3.03. The predicted molar refractivity (Wildman–Crippen MR) is 74.7 cm³/mol. The zero-order chi connectivity index (χ0) is 14.0. The van der Waals surface area contributed by atoms with Crippen molar-refractivity contribution in [3.63, 3.8) is 0 Å². The fraction of sp³-hybridized carbons (Fsp3) is 0.143. The van der Waals surface area contributed by atoms with Crippen LogP contribution >= 0.6 is 11.6 Å². The number of rotatable bonds is 3. The highest BCUT2D eigenvalue weighted by Crippen LogP contribution is 2.22. The topological polar surface area (TPSA) is 55.1 Å². The van der Waals surface area contributed by atoms with Crippen LogP contribution in [0.3, 0.4) is 0 Å². The number of carboxylic acids is 1. The lowest BCUT2D eigenvalue weighted by atomic mass is 10.1. The fourth-order valence-corrected chi connectivity index (χ4v) is 2.04. The molecule has 0 saturated heterocycles. The first-order chi connectivity index (χ1) is 8.97. The zero-order valence-electron chi connectivity index (χ0n) is 10.6. The minimum atomic E-state index is -0.991. The molecule has 0 unspecified atom stereocenters. The lowest BCUT2D eigenvalue weighted by molar-refractivity contribution is -0.131. The lowest BCUT2D eigenvalue weighted by Crippen LogP contribution is -2.01. The van der Waals surface area contributed by atoms with Gasteiger partial charge in [0.2, 0.25) is 0 Å². The van der Waals surface area contributed by atoms with E-state index in [1.807, 2.05) is 19.9 Å². The number of carbonyl (C=O) groups is 1. The van der Waals surface area contributed by atoms with Gasteiger partial charge in [0.15, 0.2) is 0 Å². The van der Waals surface area contributed by atoms with Gasteiger partial charge < -0.3 is 5.11 Å². The first-order valence-corrected chi connectivity index (χ1v) is 6.09. The molecule has 1 aromatic carbocycles. The maximum Gasteiger partial charge on any atom is 0.328 e. The highest BCUT2D eigenvalue weighted by molar-refractivity contribution is 6.30. The summed E-state index contributed by atoms with van der Waals surface area (Å²) in [5.74, 6) is -0.991. The van der Waals surface area contributed by atoms with Crippen molar-refractivity contribution in [2.75, 3.05) is 0 Å². The fourth-order valence-electron chi connectivity index (χ4n) is 1.88. The smallest absolute Gasteiger partial charge is 0.328 e. The molecule has 1 heterocycles. The van der Waals surface area contributed by atoms with E-state index in [0.717, 1.165) is 28.7 Å². The van der Waals surface area contributed by atoms with Crippen molar-refractivity contribution in [1.82, 2.24) is 9.78 Å². The molecule has 0 aliphatic rings. The second-order valence-electron chi connectivity index (χ2n) is 4.21. The van der Waals surface area contributed by atoms with Gasteiger partial charge in [-0.15, -0.1) is 0 Å². The summed E-state index contributed by atoms with van der Waals surface area (Å²) in [6.07, 6.45) is 2.63. The van der Waals surface area contributed by atoms with Gasteiger partial charge in [-0.1, -0.05) is 17.7 Å². The van der Waals surface area contributed by atoms with Crippen molar-refractivity contribution in [2.45, 2.75) is 13.8 Å². The second kappa shape index (κ2) is 5.28. The largest absolute Gasteiger partial charge is 0.478 e. The molecule has 0 bridgehead atoms. The number of halogens is 1. The molecule has 2 rings (SSSR count). The molecular weight excluding hydrogens is 264 g/mol. The van der Waals surface area contributed by atoms with Gasteiger partial charge in [0.1, 0.15) is 0 Å². The molecule has 2 aromatic rings. The van der Waals surface area contributed by atoms with Gasteiger partial charge in [0.25, 0.3) is 0 Å². The molecule has 19 heavy (non-hydrogen) atoms. The number of aliphatic carboxylic acids is 1. The van der Waals surface area contributed by atoms with Gasteiger partial charge in [-0.2, -0.15) is 5.10 Å². The molecule has 0 aliphatic carbocycles. The maximum absolute atomic E-state index is 10.6. The van der Waals surface area contributed by atoms with Crippen molar-refractivity contribution >= 4 is 23.6 Å². The van der Waals surface area contributed by atoms with Crippen molar-refractivity contribution < 1.29 is 9.90 Å². The Balaban J connectivity index is 2.57. The van der Waals surface area contributed by atoms with Gasteiger partial charge in [0, 0.05) is 22.4 Å². The molecule has 1 N–H and O–H groups in total. The molecule has 0 saturated carbocycles. The summed E-state index contributed by atoms with van der Waals surface area (Å²) in [6, 6.07) is 7.21. The molecular formula is C14H13ClN2O2. The van der Waals surface area contributed by atoms with Crippen molar-refractivity contribution in [3.05, 3.63) is 52.3 Å². The van der Waals surface area contributed by atoms with Crippen LogP contribution in [-0.4, -0.2) is 20.9 Å². The Labute approximate surface area is 115 Å². The molecule has 0 spiro atoms. The standard InChI is InChI=1S/C14H13ClN2O2/c1-9-7-10(2)17(16-9)13-8-12(15)5-3-11(13)4-6-14(18)19/h3-8H,1-2H3,(H,18,19)/b6-4+. The molecule has 98 valence electrons. The summed E-state index contributed by atoms with van der Waals surface area (Å²) in [7, 11) is 0. The number of hydrogen-bond donors (Lipinski definition) is 1. The van der Waals surface area contributed by atoms with Gasteiger partial charge in [-0.3, -0.25) is 0 Å². The van der Waals surface area contributed by atoms with Crippen LogP contribution in [-0.2, 0) is 4.79 Å². The highest BCUT2D eigenvalue weighted by Gasteiger charge is 2.08. The number of hydrogen-bond acceptors (Lipinski definition) is 2. The first-order valence-electron chi connectivity index (χ1n) is 5.71. The van der Waals surface area contributed by atoms with E-state index >= 15 is 0 Å². The van der Waals surface area contributed by atoms with Gasteiger partial charge in [-0.25, -0.2) is 9.48 Å². The number of nitrogens with zero attached hydrogens (tertiary/aromatic N) is 2. The van der Waals surface area contributed by atoms with Crippen LogP contribution in [0.25, 0.3) is 11.8 Å². The van der Waals surface area contributed by atoms with E-state index in [1.54, 1.807) is 22.9 Å². The van der Waals surface area contributed by atoms with Crippen LogP contribution in [0.2, 0.25) is 5.02 Å². The summed E-state index contributed by atoms with van der Waals surface area (Å²) in [5, 5.41) is 13.7. The van der Waals surface area contributed by atoms with Crippen LogP contribution in [0.4, 0.5) is 0 Å². The summed E-state index contributed by atoms with van der Waals surface area (Å²) < 4.78 is 1.75. The number of aryl methyl sites for hydroxylation is 2. The zero-order valence-corrected chi connectivity index (χ0v) is 11.3. The van der Waals surface area contributed by atoms with Crippen LogP contribution < -0.4 is 0 Å². The van der Waals surface area contributed by atoms with Gasteiger partial charge in [-0.05, 0) is 38.1 Å². The Kier molecular flexibility index (Phi) is 3.71. The third-order valence-electron chi connectivity index (χ3n) is 2.64. The van der Waals surface area contributed by atoms with E-state index in [-0.39, 0.29) is 0 Å². The summed E-state index contributed by atoms with van der Waals surface area (Å²) in [6.45, 7) is 3.84. The Morgan fingerprint density at radius 3 is 2.68 bits per heavy atom. The molecule has 0 atom stereocenters. The number of carboxylic acid groups (broad SMARTS) is 1. The molecule has 0 aliphatic heterocycles. The molecule has 0 amide bonds. The van der Waals surface area contributed by atoms with Crippen molar-refractivity contribution in [3.8, 4) is 5.69 Å². The maximum atomic E-state index is 10.6. The molecule has 1 aromatic heterocycles. The SMILES string of the molecule is Cc1cc(C)n(-c2cc(Cl)ccc2/C=C/C(=O)O)n1. The number of benzene rings is 1. The van der Waals surface area contributed by atoms with E-state index in [4.69, 9.17) is 16.7 Å². The highest BCUT2D eigenvalue weighted by atomic mass is 35.5. The van der Waals surface area contributed by atoms with Crippen molar-refractivity contribution in [2.24, 2.45) is 0 Å². The van der Waals surface area contributed by atoms with Crippen LogP contribution in [0.15, 0.2) is 30.3 Å². The van der Waals surface area contributed by atoms with Crippen LogP contribution in [0.1, 0.15) is 17.0 Å². The quantitative estimate of drug-likeness (QED) is 0.876. The lowest BCUT2D eigenvalue weighted by Gasteiger charge is -2.09. The minimum Gasteiger partial charge on any atom is -0.478 e. The summed E-state index contributed by atoms with van der Waals surface area (Å²) >= 11 is 6.01. The average molecular weight is 277 g/mol. The van der Waals surface area contributed by atoms with E-state index < -0.39 is 5.97 Å². The van der Waals surface area contributed by atoms with Crippen molar-refractivity contribution in [1.29, 1.82) is 0 Å². The average Bonchev–Trinajstić information content (AvgIpc) is 2.66. The van der Waals surface area contributed by atoms with E-state index in [1.165, 1.54) is 6.08 Å². The minimum absolute atomic E-state index is 0.579. The van der Waals surface area contributed by atoms with E-state index in [0.29, 0.717) is 5.02 Å². The third-order valence-corrected chi connectivity index (χ3v) is 2.87. The monoisotopic (exact) mass is 276 g/mol. The summed E-state index contributed by atoms with van der Waals surface area (Å²) in [4.78, 5) is 10.6. The molecule has 0 fully saturated rings. The number of aromatic nitrogens is 2. The Hall–Kier alpha value is -2.07. The predicted octanol–water partition coefficient (Wildman–Crippen LogP) is 3.24. The van der Waals surface area contributed by atoms with Gasteiger partial charge in [0.05, 0.1) is 11.4 Å². The van der Waals surface area contributed by atoms with Crippen LogP contribution in [0.5, 0.6) is 0 Å². The molecule has 0 radical (unpaired) electrons. The molecule has 5 heteroatoms. The normalized spacial score (nSPS) is 11.1. The second-order valence-corrected chi connectivity index (χ2v) is 4.65. The van der Waals surface area contributed by atoms with Gasteiger partial charge >= 0.3 is 5.97 Å². The molecule has 4 nitrogen and oxygen atoms in total. The van der Waals surface area contributed by atoms with Crippen LogP contribution in [0, 0.1) is 13.8 Å². The Bertz CT molecular complexity index is 659. The Morgan fingerprint density at radius 1 is 1.37 bits per heavy atom. The summed E-state index contributed by atoms with van der Waals surface area (Å²) in [5.41, 5.74) is 3.36.